The molecule has 0 N–H and O–H groups in total. The number of rotatable bonds is 5. The van der Waals surface area contributed by atoms with Crippen LogP contribution in [0.25, 0.3) is 21.8 Å². The molecule has 0 amide bonds. The zero-order chi connectivity index (χ0) is 25.4. The third kappa shape index (κ3) is 4.78. The van der Waals surface area contributed by atoms with Crippen molar-refractivity contribution in [3.8, 4) is 0 Å². The Morgan fingerprint density at radius 2 is 1.78 bits per heavy atom. The molecule has 0 saturated heterocycles. The van der Waals surface area contributed by atoms with E-state index in [2.05, 4.69) is 76.1 Å². The fraction of sp³-hybridized carbons (Fsp3) is 0.258. The largest absolute Gasteiger partial charge is 0.342 e. The van der Waals surface area contributed by atoms with Crippen LogP contribution < -0.4 is 5.56 Å². The molecule has 1 aliphatic rings. The van der Waals surface area contributed by atoms with E-state index < -0.39 is 0 Å². The van der Waals surface area contributed by atoms with Crippen LogP contribution in [0.3, 0.4) is 0 Å². The van der Waals surface area contributed by atoms with Gasteiger partial charge in [-0.1, -0.05) is 83.2 Å². The van der Waals surface area contributed by atoms with Crippen molar-refractivity contribution in [1.82, 2.24) is 14.2 Å². The Morgan fingerprint density at radius 1 is 1.00 bits per heavy atom. The van der Waals surface area contributed by atoms with Crippen molar-refractivity contribution in [3.63, 3.8) is 0 Å². The minimum absolute atomic E-state index is 0.119. The van der Waals surface area contributed by atoms with Gasteiger partial charge in [-0.05, 0) is 49.6 Å². The highest BCUT2D eigenvalue weighted by atomic mass is 79.9. The zero-order valence-electron chi connectivity index (χ0n) is 20.9. The third-order valence-corrected chi connectivity index (χ3v) is 7.90. The molecule has 0 atom stereocenters. The molecule has 1 aliphatic carbocycles. The van der Waals surface area contributed by atoms with Crippen molar-refractivity contribution in [1.29, 1.82) is 0 Å². The van der Waals surface area contributed by atoms with E-state index in [9.17, 15) is 4.79 Å². The lowest BCUT2D eigenvalue weighted by atomic mass is 9.88. The van der Waals surface area contributed by atoms with E-state index in [-0.39, 0.29) is 11.5 Å². The van der Waals surface area contributed by atoms with E-state index in [1.807, 2.05) is 30.5 Å². The van der Waals surface area contributed by atoms with Crippen LogP contribution in [0.2, 0.25) is 0 Å². The smallest absolute Gasteiger partial charge is 0.282 e. The first kappa shape index (κ1) is 23.9. The van der Waals surface area contributed by atoms with E-state index in [0.29, 0.717) is 5.39 Å². The molecule has 6 rings (SSSR count). The average Bonchev–Trinajstić information content (AvgIpc) is 3.27. The van der Waals surface area contributed by atoms with Crippen molar-refractivity contribution in [2.24, 2.45) is 5.10 Å². The quantitative estimate of drug-likeness (QED) is 0.213. The standard InChI is InChI=1S/C31H29BrN4O/c1-21-11-13-22(14-12-21)19-35-20-24(26-9-5-6-10-29(26)35)18-33-36-30(23-7-3-2-4-8-23)34-28-16-15-25(32)17-27(28)31(36)37/h5-6,9-18,20,23H,2-4,7-8,19H2,1H3. The van der Waals surface area contributed by atoms with Gasteiger partial charge in [0.2, 0.25) is 0 Å². The van der Waals surface area contributed by atoms with E-state index in [1.54, 1.807) is 4.68 Å². The number of aryl methyl sites for hydroxylation is 1. The molecule has 37 heavy (non-hydrogen) atoms. The molecule has 0 spiro atoms. The number of hydrogen-bond donors (Lipinski definition) is 0. The lowest BCUT2D eigenvalue weighted by Gasteiger charge is -2.22. The van der Waals surface area contributed by atoms with Crippen molar-refractivity contribution in [2.45, 2.75) is 51.5 Å². The third-order valence-electron chi connectivity index (χ3n) is 7.41. The number of fused-ring (bicyclic) bond motifs is 2. The second-order valence-corrected chi connectivity index (χ2v) is 11.0. The van der Waals surface area contributed by atoms with E-state index >= 15 is 0 Å². The summed E-state index contributed by atoms with van der Waals surface area (Å²) in [6.07, 6.45) is 9.60. The minimum Gasteiger partial charge on any atom is -0.342 e. The SMILES string of the molecule is Cc1ccc(Cn2cc(C=Nn3c(C4CCCCC4)nc4ccc(Br)cc4c3=O)c3ccccc32)cc1. The Hall–Kier alpha value is -3.51. The zero-order valence-corrected chi connectivity index (χ0v) is 22.5. The Labute approximate surface area is 224 Å². The van der Waals surface area contributed by atoms with Gasteiger partial charge in [-0.25, -0.2) is 4.98 Å². The summed E-state index contributed by atoms with van der Waals surface area (Å²) in [6, 6.07) is 22.7. The van der Waals surface area contributed by atoms with Gasteiger partial charge in [0, 0.05) is 39.6 Å². The molecule has 5 nitrogen and oxygen atoms in total. The molecule has 0 radical (unpaired) electrons. The Kier molecular flexibility index (Phi) is 6.51. The summed E-state index contributed by atoms with van der Waals surface area (Å²) in [5, 5.41) is 6.49. The molecular weight excluding hydrogens is 524 g/mol. The predicted octanol–water partition coefficient (Wildman–Crippen LogP) is 7.40. The van der Waals surface area contributed by atoms with Gasteiger partial charge in [0.25, 0.3) is 5.56 Å². The van der Waals surface area contributed by atoms with Crippen LogP contribution in [0.1, 0.15) is 60.5 Å². The van der Waals surface area contributed by atoms with Crippen LogP contribution in [-0.4, -0.2) is 20.4 Å². The summed E-state index contributed by atoms with van der Waals surface area (Å²) in [7, 11) is 0. The van der Waals surface area contributed by atoms with Crippen molar-refractivity contribution >= 4 is 44.0 Å². The summed E-state index contributed by atoms with van der Waals surface area (Å²) in [4.78, 5) is 18.7. The highest BCUT2D eigenvalue weighted by Crippen LogP contribution is 2.32. The molecule has 0 aliphatic heterocycles. The molecule has 1 fully saturated rings. The molecule has 0 bridgehead atoms. The highest BCUT2D eigenvalue weighted by molar-refractivity contribution is 9.10. The van der Waals surface area contributed by atoms with Gasteiger partial charge in [0.1, 0.15) is 5.82 Å². The lowest BCUT2D eigenvalue weighted by molar-refractivity contribution is 0.416. The van der Waals surface area contributed by atoms with Gasteiger partial charge in [-0.3, -0.25) is 4.79 Å². The number of hydrogen-bond acceptors (Lipinski definition) is 3. The maximum atomic E-state index is 13.7. The van der Waals surface area contributed by atoms with Crippen LogP contribution in [0.15, 0.2) is 87.3 Å². The van der Waals surface area contributed by atoms with E-state index in [1.165, 1.54) is 17.5 Å². The fourth-order valence-electron chi connectivity index (χ4n) is 5.42. The first-order valence-electron chi connectivity index (χ1n) is 13.0. The molecule has 2 aromatic heterocycles. The molecule has 186 valence electrons. The number of para-hydroxylation sites is 1. The van der Waals surface area contributed by atoms with Crippen LogP contribution in [0, 0.1) is 6.92 Å². The summed E-state index contributed by atoms with van der Waals surface area (Å²) in [5.74, 6) is 1.02. The van der Waals surface area contributed by atoms with Gasteiger partial charge in [0.05, 0.1) is 17.1 Å². The number of halogens is 1. The van der Waals surface area contributed by atoms with Gasteiger partial charge in [0.15, 0.2) is 0 Å². The molecule has 3 aromatic carbocycles. The van der Waals surface area contributed by atoms with E-state index in [4.69, 9.17) is 10.1 Å². The van der Waals surface area contributed by atoms with Gasteiger partial charge < -0.3 is 4.57 Å². The highest BCUT2D eigenvalue weighted by Gasteiger charge is 2.22. The molecule has 6 heteroatoms. The normalized spacial score (nSPS) is 14.8. The maximum Gasteiger partial charge on any atom is 0.282 e. The molecule has 5 aromatic rings. The molecule has 1 saturated carbocycles. The fourth-order valence-corrected chi connectivity index (χ4v) is 5.78. The van der Waals surface area contributed by atoms with Crippen LogP contribution in [-0.2, 0) is 6.54 Å². The molecule has 0 unspecified atom stereocenters. The topological polar surface area (TPSA) is 52.2 Å². The Balaban J connectivity index is 1.45. The van der Waals surface area contributed by atoms with Crippen LogP contribution in [0.5, 0.6) is 0 Å². The summed E-state index contributed by atoms with van der Waals surface area (Å²) in [6.45, 7) is 2.88. The molecular formula is C31H29BrN4O. The summed E-state index contributed by atoms with van der Waals surface area (Å²) in [5.41, 5.74) is 5.24. The first-order chi connectivity index (χ1) is 18.1. The van der Waals surface area contributed by atoms with Crippen LogP contribution >= 0.6 is 15.9 Å². The van der Waals surface area contributed by atoms with Gasteiger partial charge in [-0.15, -0.1) is 0 Å². The van der Waals surface area contributed by atoms with Gasteiger partial charge >= 0.3 is 0 Å². The molecule has 2 heterocycles. The number of nitrogens with zero attached hydrogens (tertiary/aromatic N) is 4. The number of aromatic nitrogens is 3. The monoisotopic (exact) mass is 552 g/mol. The van der Waals surface area contributed by atoms with E-state index in [0.717, 1.165) is 64.5 Å². The van der Waals surface area contributed by atoms with Crippen LogP contribution in [0.4, 0.5) is 0 Å². The second kappa shape index (κ2) is 10.1. The first-order valence-corrected chi connectivity index (χ1v) is 13.8. The summed E-state index contributed by atoms with van der Waals surface area (Å²) >= 11 is 3.51. The van der Waals surface area contributed by atoms with Gasteiger partial charge in [-0.2, -0.15) is 9.78 Å². The lowest BCUT2D eigenvalue weighted by Crippen LogP contribution is -2.25. The Morgan fingerprint density at radius 3 is 2.59 bits per heavy atom. The van der Waals surface area contributed by atoms with Crippen molar-refractivity contribution in [2.75, 3.05) is 0 Å². The summed E-state index contributed by atoms with van der Waals surface area (Å²) < 4.78 is 4.66. The Bertz CT molecular complexity index is 1670. The van der Waals surface area contributed by atoms with Crippen molar-refractivity contribution < 1.29 is 0 Å². The predicted molar refractivity (Wildman–Crippen MR) is 155 cm³/mol. The number of benzene rings is 3. The minimum atomic E-state index is -0.119. The average molecular weight is 554 g/mol. The van der Waals surface area contributed by atoms with Crippen molar-refractivity contribution in [3.05, 3.63) is 110 Å². The maximum absolute atomic E-state index is 13.7. The second-order valence-electron chi connectivity index (χ2n) is 10.0.